The smallest absolute Gasteiger partial charge is 0.264 e. The number of benzene rings is 1. The molecule has 0 fully saturated rings. The molecule has 1 amide bonds. The molecule has 3 N–H and O–H groups in total. The summed E-state index contributed by atoms with van der Waals surface area (Å²) < 4.78 is 25.0. The van der Waals surface area contributed by atoms with Gasteiger partial charge in [0.25, 0.3) is 10.0 Å². The first-order valence-corrected chi connectivity index (χ1v) is 5.79. The van der Waals surface area contributed by atoms with Crippen LogP contribution in [0.2, 0.25) is 0 Å². The lowest BCUT2D eigenvalue weighted by atomic mass is 10.4. The van der Waals surface area contributed by atoms with Gasteiger partial charge in [-0.2, -0.15) is 0 Å². The maximum Gasteiger partial charge on any atom is 0.264 e. The van der Waals surface area contributed by atoms with Gasteiger partial charge in [-0.1, -0.05) is 18.2 Å². The predicted octanol–water partition coefficient (Wildman–Crippen LogP) is -0.161. The fourth-order valence-electron chi connectivity index (χ4n) is 0.884. The molecule has 0 aliphatic carbocycles. The lowest BCUT2D eigenvalue weighted by Crippen LogP contribution is -2.41. The van der Waals surface area contributed by atoms with Gasteiger partial charge in [-0.05, 0) is 19.1 Å². The molecule has 0 saturated heterocycles. The van der Waals surface area contributed by atoms with E-state index in [9.17, 15) is 13.2 Å². The van der Waals surface area contributed by atoms with E-state index in [2.05, 4.69) is 0 Å². The summed E-state index contributed by atoms with van der Waals surface area (Å²) in [6, 6.07) is 6.78. The highest BCUT2D eigenvalue weighted by molar-refractivity contribution is 7.90. The Kier molecular flexibility index (Phi) is 3.43. The highest BCUT2D eigenvalue weighted by atomic mass is 32.2. The van der Waals surface area contributed by atoms with Crippen LogP contribution in [0.5, 0.6) is 0 Å². The summed E-state index contributed by atoms with van der Waals surface area (Å²) in [6.07, 6.45) is 0. The zero-order chi connectivity index (χ0) is 11.5. The van der Waals surface area contributed by atoms with Crippen LogP contribution >= 0.6 is 0 Å². The van der Waals surface area contributed by atoms with Crippen LogP contribution < -0.4 is 10.5 Å². The summed E-state index contributed by atoms with van der Waals surface area (Å²) in [7, 11) is -3.78. The van der Waals surface area contributed by atoms with Crippen LogP contribution in [0.15, 0.2) is 35.2 Å². The van der Waals surface area contributed by atoms with E-state index in [1.54, 1.807) is 18.2 Å². The highest BCUT2D eigenvalue weighted by Gasteiger charge is 2.18. The Balaban J connectivity index is 2.91. The molecule has 0 spiro atoms. The van der Waals surface area contributed by atoms with Crippen molar-refractivity contribution in [2.24, 2.45) is 5.73 Å². The SMILES string of the molecule is CC(N)C(=O)NS(=O)(=O)c1ccccc1. The molecule has 0 aliphatic rings. The molecule has 0 heterocycles. The molecule has 5 nitrogen and oxygen atoms in total. The molecular weight excluding hydrogens is 216 g/mol. The number of hydrogen-bond donors (Lipinski definition) is 2. The third-order valence-electron chi connectivity index (χ3n) is 1.70. The van der Waals surface area contributed by atoms with Crippen LogP contribution in [-0.2, 0) is 14.8 Å². The minimum atomic E-state index is -3.78. The van der Waals surface area contributed by atoms with Crippen molar-refractivity contribution in [3.63, 3.8) is 0 Å². The van der Waals surface area contributed by atoms with Crippen molar-refractivity contribution in [1.82, 2.24) is 4.72 Å². The summed E-state index contributed by atoms with van der Waals surface area (Å²) >= 11 is 0. The molecule has 15 heavy (non-hydrogen) atoms. The number of nitrogens with one attached hydrogen (secondary N) is 1. The third kappa shape index (κ3) is 3.03. The van der Waals surface area contributed by atoms with Crippen molar-refractivity contribution >= 4 is 15.9 Å². The average Bonchev–Trinajstić information content (AvgIpc) is 2.18. The molecule has 0 aliphatic heterocycles. The summed E-state index contributed by atoms with van der Waals surface area (Å²) in [5.74, 6) is -0.723. The van der Waals surface area contributed by atoms with Crippen molar-refractivity contribution < 1.29 is 13.2 Å². The molecular formula is C9H12N2O3S. The van der Waals surface area contributed by atoms with Crippen molar-refractivity contribution in [3.8, 4) is 0 Å². The van der Waals surface area contributed by atoms with E-state index in [0.717, 1.165) is 0 Å². The number of carbonyl (C=O) groups excluding carboxylic acids is 1. The molecule has 1 atom stereocenters. The van der Waals surface area contributed by atoms with Crippen LogP contribution in [-0.4, -0.2) is 20.4 Å². The Morgan fingerprint density at radius 2 is 1.87 bits per heavy atom. The molecule has 0 aromatic heterocycles. The van der Waals surface area contributed by atoms with E-state index in [1.807, 2.05) is 4.72 Å². The van der Waals surface area contributed by atoms with Gasteiger partial charge in [-0.15, -0.1) is 0 Å². The molecule has 1 rings (SSSR count). The van der Waals surface area contributed by atoms with E-state index in [4.69, 9.17) is 5.73 Å². The maximum atomic E-state index is 11.6. The van der Waals surface area contributed by atoms with Crippen LogP contribution in [0.25, 0.3) is 0 Å². The van der Waals surface area contributed by atoms with Gasteiger partial charge in [0.2, 0.25) is 5.91 Å². The second-order valence-electron chi connectivity index (χ2n) is 3.07. The summed E-state index contributed by atoms with van der Waals surface area (Å²) in [5.41, 5.74) is 5.24. The standard InChI is InChI=1S/C9H12N2O3S/c1-7(10)9(12)11-15(13,14)8-5-3-2-4-6-8/h2-7H,10H2,1H3,(H,11,12). The number of sulfonamides is 1. The summed E-state index contributed by atoms with van der Waals surface area (Å²) in [6.45, 7) is 1.41. The molecule has 6 heteroatoms. The van der Waals surface area contributed by atoms with Crippen molar-refractivity contribution in [1.29, 1.82) is 0 Å². The minimum absolute atomic E-state index is 0.0407. The van der Waals surface area contributed by atoms with Gasteiger partial charge in [-0.25, -0.2) is 13.1 Å². The number of rotatable bonds is 3. The minimum Gasteiger partial charge on any atom is -0.320 e. The monoisotopic (exact) mass is 228 g/mol. The Morgan fingerprint density at radius 1 is 1.33 bits per heavy atom. The van der Waals surface area contributed by atoms with Gasteiger partial charge < -0.3 is 5.73 Å². The molecule has 0 bridgehead atoms. The quantitative estimate of drug-likeness (QED) is 0.752. The van der Waals surface area contributed by atoms with E-state index in [1.165, 1.54) is 19.1 Å². The van der Waals surface area contributed by atoms with Gasteiger partial charge in [0, 0.05) is 0 Å². The zero-order valence-corrected chi connectivity index (χ0v) is 8.99. The van der Waals surface area contributed by atoms with Crippen LogP contribution in [0.1, 0.15) is 6.92 Å². The molecule has 1 aromatic carbocycles. The molecule has 1 aromatic rings. The topological polar surface area (TPSA) is 89.3 Å². The van der Waals surface area contributed by atoms with Gasteiger partial charge in [0.1, 0.15) is 0 Å². The van der Waals surface area contributed by atoms with E-state index in [-0.39, 0.29) is 4.90 Å². The molecule has 0 radical (unpaired) electrons. The zero-order valence-electron chi connectivity index (χ0n) is 8.17. The number of amides is 1. The van der Waals surface area contributed by atoms with Gasteiger partial charge in [-0.3, -0.25) is 4.79 Å². The van der Waals surface area contributed by atoms with Crippen LogP contribution in [0, 0.1) is 0 Å². The predicted molar refractivity (Wildman–Crippen MR) is 55.4 cm³/mol. The number of carbonyl (C=O) groups is 1. The molecule has 82 valence electrons. The molecule has 0 saturated carbocycles. The lowest BCUT2D eigenvalue weighted by Gasteiger charge is -2.08. The largest absolute Gasteiger partial charge is 0.320 e. The van der Waals surface area contributed by atoms with Gasteiger partial charge >= 0.3 is 0 Å². The number of nitrogens with two attached hydrogens (primary N) is 1. The first-order valence-electron chi connectivity index (χ1n) is 4.31. The third-order valence-corrected chi connectivity index (χ3v) is 3.06. The normalized spacial score (nSPS) is 13.2. The highest BCUT2D eigenvalue weighted by Crippen LogP contribution is 2.06. The summed E-state index contributed by atoms with van der Waals surface area (Å²) in [5, 5.41) is 0. The van der Waals surface area contributed by atoms with Gasteiger partial charge in [0.05, 0.1) is 10.9 Å². The first-order chi connectivity index (χ1) is 6.93. The van der Waals surface area contributed by atoms with E-state index in [0.29, 0.717) is 0 Å². The van der Waals surface area contributed by atoms with E-state index >= 15 is 0 Å². The van der Waals surface area contributed by atoms with Crippen LogP contribution in [0.3, 0.4) is 0 Å². The Hall–Kier alpha value is -1.40. The fraction of sp³-hybridized carbons (Fsp3) is 0.222. The second kappa shape index (κ2) is 4.41. The first kappa shape index (κ1) is 11.7. The lowest BCUT2D eigenvalue weighted by molar-refractivity contribution is -0.120. The second-order valence-corrected chi connectivity index (χ2v) is 4.75. The van der Waals surface area contributed by atoms with E-state index < -0.39 is 22.0 Å². The Morgan fingerprint density at radius 3 is 2.33 bits per heavy atom. The Labute approximate surface area is 88.3 Å². The van der Waals surface area contributed by atoms with Gasteiger partial charge in [0.15, 0.2) is 0 Å². The average molecular weight is 228 g/mol. The fourth-order valence-corrected chi connectivity index (χ4v) is 1.97. The maximum absolute atomic E-state index is 11.6. The van der Waals surface area contributed by atoms with Crippen molar-refractivity contribution in [2.75, 3.05) is 0 Å². The summed E-state index contributed by atoms with van der Waals surface area (Å²) in [4.78, 5) is 11.2. The number of hydrogen-bond acceptors (Lipinski definition) is 4. The Bertz CT molecular complexity index is 440. The molecule has 1 unspecified atom stereocenters. The van der Waals surface area contributed by atoms with Crippen LogP contribution in [0.4, 0.5) is 0 Å². The van der Waals surface area contributed by atoms with Crippen molar-refractivity contribution in [2.45, 2.75) is 17.9 Å². The van der Waals surface area contributed by atoms with Crippen molar-refractivity contribution in [3.05, 3.63) is 30.3 Å².